The maximum Gasteiger partial charge on any atom is 0.246 e. The van der Waals surface area contributed by atoms with Crippen LogP contribution in [0.1, 0.15) is 38.4 Å². The first kappa shape index (κ1) is 43.6. The Morgan fingerprint density at radius 1 is 0.918 bits per heavy atom. The quantitative estimate of drug-likeness (QED) is 0.109. The van der Waals surface area contributed by atoms with Gasteiger partial charge in [-0.05, 0) is 36.1 Å². The molecule has 17 nitrogen and oxygen atoms in total. The van der Waals surface area contributed by atoms with Gasteiger partial charge in [0.15, 0.2) is 12.2 Å². The normalized spacial score (nSPS) is 17.9. The predicted octanol–water partition coefficient (Wildman–Crippen LogP) is 2.83. The summed E-state index contributed by atoms with van der Waals surface area (Å²) in [5.41, 5.74) is 3.82. The first-order valence-electron chi connectivity index (χ1n) is 20.9. The van der Waals surface area contributed by atoms with E-state index in [1.807, 2.05) is 86.8 Å². The number of hydrogen-bond donors (Lipinski definition) is 3. The fraction of sp³-hybridized carbons (Fsp3) is 0.500. The highest BCUT2D eigenvalue weighted by atomic mass is 16.5. The number of carbonyl (C=O) groups is 3. The van der Waals surface area contributed by atoms with Crippen molar-refractivity contribution in [2.75, 3.05) is 83.8 Å². The number of aromatic nitrogens is 4. The van der Waals surface area contributed by atoms with Gasteiger partial charge in [0.05, 0.1) is 55.9 Å². The Labute approximate surface area is 355 Å². The van der Waals surface area contributed by atoms with Gasteiger partial charge in [-0.3, -0.25) is 23.7 Å². The number of aliphatic hydroxyl groups is 1. The molecule has 0 saturated carbocycles. The molecule has 5 aromatic rings. The molecule has 2 saturated heterocycles. The third kappa shape index (κ3) is 11.1. The standard InChI is InChI=1S/C44H57N9O8/c1-30-39(61-29-46-30)32-11-9-31(10-12-32)26-45-41(56)36-25-33(54)27-53(36)42(57)40(44(2,3)4)49-38(55)28-60-24-23-59-22-21-58-20-19-50-15-17-51(18-16-50)37-13-14-52-35-8-6-5-7-34(35)47-43(52)48-37/h5-14,29,33,36,40,54H,15-28H2,1-4H3,(H,45,56)(H,49,55)/t33-,36+,40?/m1/s1. The molecule has 17 heteroatoms. The van der Waals surface area contributed by atoms with Crippen molar-refractivity contribution in [3.05, 3.63) is 78.4 Å². The molecule has 0 bridgehead atoms. The number of aliphatic hydroxyl groups excluding tert-OH is 1. The Bertz CT molecular complexity index is 2250. The number of amides is 3. The van der Waals surface area contributed by atoms with Crippen LogP contribution in [-0.2, 0) is 35.1 Å². The van der Waals surface area contributed by atoms with E-state index in [2.05, 4.69) is 36.5 Å². The van der Waals surface area contributed by atoms with Gasteiger partial charge in [0.2, 0.25) is 23.5 Å². The number of β-amino-alcohol motifs (C(OH)–C–C–N with tert-alkyl or cyclic N) is 1. The van der Waals surface area contributed by atoms with E-state index in [4.69, 9.17) is 23.6 Å². The maximum absolute atomic E-state index is 13.9. The molecule has 5 heterocycles. The number of nitrogens with one attached hydrogen (secondary N) is 2. The number of fused-ring (bicyclic) bond motifs is 3. The lowest BCUT2D eigenvalue weighted by molar-refractivity contribution is -0.144. The van der Waals surface area contributed by atoms with E-state index in [1.54, 1.807) is 0 Å². The summed E-state index contributed by atoms with van der Waals surface area (Å²) in [5.74, 6) is 1.05. The van der Waals surface area contributed by atoms with Gasteiger partial charge in [0.25, 0.3) is 0 Å². The van der Waals surface area contributed by atoms with Gasteiger partial charge < -0.3 is 44.2 Å². The smallest absolute Gasteiger partial charge is 0.246 e. The summed E-state index contributed by atoms with van der Waals surface area (Å²) in [6.45, 7) is 13.7. The lowest BCUT2D eigenvalue weighted by Crippen LogP contribution is -2.58. The molecule has 326 valence electrons. The number of hydrogen-bond acceptors (Lipinski definition) is 13. The second kappa shape index (κ2) is 19.9. The average molecular weight is 840 g/mol. The number of benzene rings is 2. The van der Waals surface area contributed by atoms with E-state index in [9.17, 15) is 19.5 Å². The summed E-state index contributed by atoms with van der Waals surface area (Å²) >= 11 is 0. The fourth-order valence-corrected chi connectivity index (χ4v) is 7.70. The number of rotatable bonds is 18. The molecule has 2 fully saturated rings. The summed E-state index contributed by atoms with van der Waals surface area (Å²) in [6.07, 6.45) is 2.67. The SMILES string of the molecule is Cc1ncoc1-c1ccc(CNC(=O)[C@@H]2C[C@@H](O)CN2C(=O)C(NC(=O)COCCOCCOCCN2CCN(c3ccn4c(n3)nc3ccccc34)CC2)C(C)(C)C)cc1. The number of para-hydroxylation sites is 2. The highest BCUT2D eigenvalue weighted by Crippen LogP contribution is 2.27. The van der Waals surface area contributed by atoms with Gasteiger partial charge in [-0.2, -0.15) is 4.98 Å². The predicted molar refractivity (Wildman–Crippen MR) is 228 cm³/mol. The van der Waals surface area contributed by atoms with Gasteiger partial charge in [-0.1, -0.05) is 57.2 Å². The van der Waals surface area contributed by atoms with Crippen LogP contribution in [0.15, 0.2) is 71.6 Å². The van der Waals surface area contributed by atoms with E-state index in [1.165, 1.54) is 11.3 Å². The number of aryl methyl sites for hydroxylation is 1. The molecule has 2 aromatic carbocycles. The van der Waals surface area contributed by atoms with Crippen molar-refractivity contribution in [1.82, 2.24) is 39.8 Å². The molecule has 3 N–H and O–H groups in total. The summed E-state index contributed by atoms with van der Waals surface area (Å²) in [6, 6.07) is 15.8. The van der Waals surface area contributed by atoms with Crippen LogP contribution in [0.25, 0.3) is 28.1 Å². The Morgan fingerprint density at radius 3 is 2.36 bits per heavy atom. The fourth-order valence-electron chi connectivity index (χ4n) is 7.70. The highest BCUT2D eigenvalue weighted by molar-refractivity contribution is 5.93. The van der Waals surface area contributed by atoms with Crippen LogP contribution in [0.2, 0.25) is 0 Å². The van der Waals surface area contributed by atoms with Gasteiger partial charge in [0, 0.05) is 64.0 Å². The number of oxazole rings is 1. The minimum absolute atomic E-state index is 0.0135. The third-order valence-corrected chi connectivity index (χ3v) is 11.1. The average Bonchev–Trinajstić information content (AvgIpc) is 3.98. The number of likely N-dealkylation sites (tertiary alicyclic amines) is 1. The van der Waals surface area contributed by atoms with Crippen LogP contribution in [0, 0.1) is 12.3 Å². The largest absolute Gasteiger partial charge is 0.443 e. The molecular formula is C44H57N9O8. The first-order chi connectivity index (χ1) is 29.4. The highest BCUT2D eigenvalue weighted by Gasteiger charge is 2.44. The Morgan fingerprint density at radius 2 is 1.64 bits per heavy atom. The second-order valence-electron chi connectivity index (χ2n) is 16.6. The van der Waals surface area contributed by atoms with E-state index < -0.39 is 35.4 Å². The summed E-state index contributed by atoms with van der Waals surface area (Å²) < 4.78 is 24.5. The zero-order valence-electron chi connectivity index (χ0n) is 35.4. The second-order valence-corrected chi connectivity index (χ2v) is 16.6. The lowest BCUT2D eigenvalue weighted by Gasteiger charge is -2.35. The van der Waals surface area contributed by atoms with E-state index >= 15 is 0 Å². The molecule has 0 spiro atoms. The molecule has 3 amide bonds. The van der Waals surface area contributed by atoms with Crippen LogP contribution in [0.3, 0.4) is 0 Å². The number of ether oxygens (including phenoxy) is 3. The number of carbonyl (C=O) groups excluding carboxylic acids is 3. The number of piperazine rings is 1. The minimum Gasteiger partial charge on any atom is -0.443 e. The molecule has 1 unspecified atom stereocenters. The van der Waals surface area contributed by atoms with Crippen LogP contribution < -0.4 is 15.5 Å². The Balaban J connectivity index is 0.755. The zero-order valence-corrected chi connectivity index (χ0v) is 35.4. The van der Waals surface area contributed by atoms with Crippen molar-refractivity contribution in [2.24, 2.45) is 5.41 Å². The molecule has 3 aromatic heterocycles. The zero-order chi connectivity index (χ0) is 42.9. The van der Waals surface area contributed by atoms with Gasteiger partial charge >= 0.3 is 0 Å². The Kier molecular flexibility index (Phi) is 14.3. The molecule has 7 rings (SSSR count). The van der Waals surface area contributed by atoms with Crippen molar-refractivity contribution in [3.8, 4) is 11.3 Å². The number of nitrogens with zero attached hydrogens (tertiary/aromatic N) is 7. The van der Waals surface area contributed by atoms with Gasteiger partial charge in [-0.25, -0.2) is 9.97 Å². The van der Waals surface area contributed by atoms with Crippen molar-refractivity contribution in [3.63, 3.8) is 0 Å². The Hall–Kier alpha value is -5.46. The molecule has 61 heavy (non-hydrogen) atoms. The number of imidazole rings is 1. The molecule has 2 aliphatic heterocycles. The first-order valence-corrected chi connectivity index (χ1v) is 20.9. The molecular weight excluding hydrogens is 783 g/mol. The van der Waals surface area contributed by atoms with Crippen LogP contribution in [-0.4, -0.2) is 149 Å². The third-order valence-electron chi connectivity index (χ3n) is 11.1. The van der Waals surface area contributed by atoms with E-state index in [-0.39, 0.29) is 45.2 Å². The maximum atomic E-state index is 13.9. The number of anilines is 1. The van der Waals surface area contributed by atoms with Crippen LogP contribution in [0.5, 0.6) is 0 Å². The van der Waals surface area contributed by atoms with Crippen LogP contribution >= 0.6 is 0 Å². The molecule has 0 aliphatic carbocycles. The lowest BCUT2D eigenvalue weighted by atomic mass is 9.85. The topological polar surface area (TPSA) is 189 Å². The molecule has 3 atom stereocenters. The van der Waals surface area contributed by atoms with Crippen molar-refractivity contribution in [2.45, 2.75) is 58.8 Å². The monoisotopic (exact) mass is 839 g/mol. The van der Waals surface area contributed by atoms with Crippen molar-refractivity contribution < 1.29 is 38.1 Å². The van der Waals surface area contributed by atoms with E-state index in [0.717, 1.165) is 66.4 Å². The van der Waals surface area contributed by atoms with Crippen molar-refractivity contribution >= 4 is 40.4 Å². The summed E-state index contributed by atoms with van der Waals surface area (Å²) in [4.78, 5) is 59.9. The molecule has 2 aliphatic rings. The van der Waals surface area contributed by atoms with Crippen LogP contribution in [0.4, 0.5) is 5.82 Å². The van der Waals surface area contributed by atoms with Crippen molar-refractivity contribution in [1.29, 1.82) is 0 Å². The van der Waals surface area contributed by atoms with Gasteiger partial charge in [-0.15, -0.1) is 0 Å². The van der Waals surface area contributed by atoms with E-state index in [0.29, 0.717) is 31.4 Å². The summed E-state index contributed by atoms with van der Waals surface area (Å²) in [5, 5.41) is 16.2. The minimum atomic E-state index is -0.954. The summed E-state index contributed by atoms with van der Waals surface area (Å²) in [7, 11) is 0. The van der Waals surface area contributed by atoms with Gasteiger partial charge in [0.1, 0.15) is 24.5 Å². The molecule has 0 radical (unpaired) electrons.